The molecule has 0 atom stereocenters. The second kappa shape index (κ2) is 7.00. The summed E-state index contributed by atoms with van der Waals surface area (Å²) in [5.41, 5.74) is 0.657. The van der Waals surface area contributed by atoms with Crippen molar-refractivity contribution in [2.24, 2.45) is 7.05 Å². The van der Waals surface area contributed by atoms with Gasteiger partial charge >= 0.3 is 6.18 Å². The normalized spacial score (nSPS) is 12.3. The standard InChI is InChI=1S/C20H18F3N5O/c1-26(11-13-7-9-14(10-8-13)20(21,22)23)12-17-24-25-19-27(2)18(29)15-5-3-4-6-16(15)28(17)19/h3-10H,11-12H2,1-2H3. The summed E-state index contributed by atoms with van der Waals surface area (Å²) in [6, 6.07) is 12.4. The molecular formula is C20H18F3N5O. The molecule has 0 radical (unpaired) electrons. The van der Waals surface area contributed by atoms with Gasteiger partial charge in [0.25, 0.3) is 5.56 Å². The fourth-order valence-electron chi connectivity index (χ4n) is 3.40. The molecule has 0 aliphatic rings. The van der Waals surface area contributed by atoms with Crippen molar-refractivity contribution in [3.05, 3.63) is 75.8 Å². The van der Waals surface area contributed by atoms with Crippen LogP contribution in [0.2, 0.25) is 0 Å². The Hall–Kier alpha value is -3.20. The minimum atomic E-state index is -4.35. The molecule has 0 aliphatic heterocycles. The Labute approximate surface area is 163 Å². The second-order valence-electron chi connectivity index (χ2n) is 7.00. The fraction of sp³-hybridized carbons (Fsp3) is 0.250. The number of benzene rings is 2. The molecule has 0 bridgehead atoms. The number of rotatable bonds is 4. The SMILES string of the molecule is CN(Cc1ccc(C(F)(F)F)cc1)Cc1nnc2n(C)c(=O)c3ccccc3n12. The quantitative estimate of drug-likeness (QED) is 0.527. The average Bonchev–Trinajstić information content (AvgIpc) is 3.09. The maximum atomic E-state index is 12.7. The zero-order valence-corrected chi connectivity index (χ0v) is 15.8. The van der Waals surface area contributed by atoms with Crippen molar-refractivity contribution in [1.29, 1.82) is 0 Å². The summed E-state index contributed by atoms with van der Waals surface area (Å²) in [6.07, 6.45) is -4.35. The number of alkyl halides is 3. The highest BCUT2D eigenvalue weighted by Crippen LogP contribution is 2.29. The number of fused-ring (bicyclic) bond motifs is 3. The van der Waals surface area contributed by atoms with Crippen molar-refractivity contribution in [1.82, 2.24) is 24.1 Å². The van der Waals surface area contributed by atoms with E-state index in [-0.39, 0.29) is 5.56 Å². The van der Waals surface area contributed by atoms with Gasteiger partial charge in [0.2, 0.25) is 5.78 Å². The first kappa shape index (κ1) is 19.1. The van der Waals surface area contributed by atoms with Crippen LogP contribution < -0.4 is 5.56 Å². The molecule has 9 heteroatoms. The van der Waals surface area contributed by atoms with E-state index in [0.29, 0.717) is 35.6 Å². The Kier molecular flexibility index (Phi) is 4.62. The molecule has 0 saturated carbocycles. The molecule has 0 fully saturated rings. The first-order valence-corrected chi connectivity index (χ1v) is 8.92. The van der Waals surface area contributed by atoms with E-state index in [2.05, 4.69) is 10.2 Å². The Morgan fingerprint density at radius 3 is 2.38 bits per heavy atom. The zero-order chi connectivity index (χ0) is 20.8. The minimum Gasteiger partial charge on any atom is -0.295 e. The molecule has 0 N–H and O–H groups in total. The van der Waals surface area contributed by atoms with Gasteiger partial charge in [-0.25, -0.2) is 0 Å². The monoisotopic (exact) mass is 401 g/mol. The lowest BCUT2D eigenvalue weighted by atomic mass is 10.1. The summed E-state index contributed by atoms with van der Waals surface area (Å²) in [5, 5.41) is 8.95. The lowest BCUT2D eigenvalue weighted by Crippen LogP contribution is -2.22. The van der Waals surface area contributed by atoms with E-state index in [0.717, 1.165) is 17.7 Å². The first-order valence-electron chi connectivity index (χ1n) is 8.92. The number of nitrogens with zero attached hydrogens (tertiary/aromatic N) is 5. The molecule has 150 valence electrons. The van der Waals surface area contributed by atoms with Gasteiger partial charge < -0.3 is 0 Å². The van der Waals surface area contributed by atoms with Crippen LogP contribution in [-0.4, -0.2) is 31.1 Å². The topological polar surface area (TPSA) is 55.4 Å². The van der Waals surface area contributed by atoms with Gasteiger partial charge in [-0.05, 0) is 36.9 Å². The molecule has 2 aromatic heterocycles. The maximum Gasteiger partial charge on any atom is 0.416 e. The fourth-order valence-corrected chi connectivity index (χ4v) is 3.40. The minimum absolute atomic E-state index is 0.148. The molecule has 2 heterocycles. The molecule has 0 spiro atoms. The predicted octanol–water partition coefficient (Wildman–Crippen LogP) is 3.23. The van der Waals surface area contributed by atoms with Gasteiger partial charge in [0.1, 0.15) is 0 Å². The van der Waals surface area contributed by atoms with Crippen LogP contribution >= 0.6 is 0 Å². The molecule has 2 aromatic carbocycles. The third-order valence-electron chi connectivity index (χ3n) is 4.84. The van der Waals surface area contributed by atoms with Gasteiger partial charge in [0.05, 0.1) is 23.0 Å². The van der Waals surface area contributed by atoms with E-state index >= 15 is 0 Å². The van der Waals surface area contributed by atoms with E-state index in [1.807, 2.05) is 28.5 Å². The van der Waals surface area contributed by atoms with Crippen LogP contribution in [0.1, 0.15) is 17.0 Å². The van der Waals surface area contributed by atoms with E-state index in [4.69, 9.17) is 0 Å². The lowest BCUT2D eigenvalue weighted by molar-refractivity contribution is -0.137. The van der Waals surface area contributed by atoms with E-state index < -0.39 is 11.7 Å². The van der Waals surface area contributed by atoms with Crippen molar-refractivity contribution in [3.63, 3.8) is 0 Å². The van der Waals surface area contributed by atoms with Crippen molar-refractivity contribution < 1.29 is 13.2 Å². The van der Waals surface area contributed by atoms with Crippen LogP contribution in [0.3, 0.4) is 0 Å². The van der Waals surface area contributed by atoms with E-state index in [1.165, 1.54) is 16.7 Å². The largest absolute Gasteiger partial charge is 0.416 e. The third-order valence-corrected chi connectivity index (χ3v) is 4.84. The summed E-state index contributed by atoms with van der Waals surface area (Å²) >= 11 is 0. The molecule has 6 nitrogen and oxygen atoms in total. The molecule has 29 heavy (non-hydrogen) atoms. The first-order chi connectivity index (χ1) is 13.8. The molecule has 0 aliphatic carbocycles. The van der Waals surface area contributed by atoms with Crippen LogP contribution in [0, 0.1) is 0 Å². The van der Waals surface area contributed by atoms with Gasteiger partial charge in [-0.1, -0.05) is 24.3 Å². The second-order valence-corrected chi connectivity index (χ2v) is 7.00. The van der Waals surface area contributed by atoms with Crippen molar-refractivity contribution in [3.8, 4) is 0 Å². The van der Waals surface area contributed by atoms with Gasteiger partial charge in [0, 0.05) is 13.6 Å². The predicted molar refractivity (Wildman–Crippen MR) is 102 cm³/mol. The number of hydrogen-bond donors (Lipinski definition) is 0. The lowest BCUT2D eigenvalue weighted by Gasteiger charge is -2.17. The van der Waals surface area contributed by atoms with Crippen LogP contribution in [0.25, 0.3) is 16.7 Å². The van der Waals surface area contributed by atoms with E-state index in [9.17, 15) is 18.0 Å². The Morgan fingerprint density at radius 2 is 1.69 bits per heavy atom. The number of halogens is 3. The summed E-state index contributed by atoms with van der Waals surface area (Å²) in [4.78, 5) is 14.4. The smallest absolute Gasteiger partial charge is 0.295 e. The Balaban J connectivity index is 1.64. The van der Waals surface area contributed by atoms with Gasteiger partial charge in [0.15, 0.2) is 5.82 Å². The highest BCUT2D eigenvalue weighted by atomic mass is 19.4. The van der Waals surface area contributed by atoms with Crippen molar-refractivity contribution >= 4 is 16.7 Å². The highest BCUT2D eigenvalue weighted by molar-refractivity contribution is 5.80. The number of para-hydroxylation sites is 1. The van der Waals surface area contributed by atoms with Gasteiger partial charge in [-0.15, -0.1) is 10.2 Å². The highest BCUT2D eigenvalue weighted by Gasteiger charge is 2.30. The van der Waals surface area contributed by atoms with Crippen LogP contribution in [0.5, 0.6) is 0 Å². The van der Waals surface area contributed by atoms with Crippen molar-refractivity contribution in [2.45, 2.75) is 19.3 Å². The third kappa shape index (κ3) is 3.49. The summed E-state index contributed by atoms with van der Waals surface area (Å²) in [7, 11) is 3.50. The Morgan fingerprint density at radius 1 is 1.00 bits per heavy atom. The summed E-state index contributed by atoms with van der Waals surface area (Å²) in [5.74, 6) is 1.08. The Bertz CT molecular complexity index is 1240. The molecule has 0 unspecified atom stereocenters. The van der Waals surface area contributed by atoms with Crippen LogP contribution in [-0.2, 0) is 26.3 Å². The summed E-state index contributed by atoms with van der Waals surface area (Å²) < 4.78 is 41.4. The molecule has 4 aromatic rings. The van der Waals surface area contributed by atoms with Crippen molar-refractivity contribution in [2.75, 3.05) is 7.05 Å². The molecular weight excluding hydrogens is 383 g/mol. The molecule has 0 saturated heterocycles. The number of hydrogen-bond acceptors (Lipinski definition) is 4. The summed E-state index contributed by atoms with van der Waals surface area (Å²) in [6.45, 7) is 0.848. The zero-order valence-electron chi connectivity index (χ0n) is 15.8. The van der Waals surface area contributed by atoms with E-state index in [1.54, 1.807) is 19.2 Å². The average molecular weight is 401 g/mol. The molecule has 4 rings (SSSR count). The van der Waals surface area contributed by atoms with Gasteiger partial charge in [-0.3, -0.25) is 18.7 Å². The number of aromatic nitrogens is 4. The van der Waals surface area contributed by atoms with Gasteiger partial charge in [-0.2, -0.15) is 13.2 Å². The molecule has 0 amide bonds. The van der Waals surface area contributed by atoms with Crippen LogP contribution in [0.4, 0.5) is 13.2 Å². The maximum absolute atomic E-state index is 12.7. The van der Waals surface area contributed by atoms with Crippen LogP contribution in [0.15, 0.2) is 53.3 Å². The number of aryl methyl sites for hydroxylation is 1.